The smallest absolute Gasteiger partial charge is 0.540 e. The molecule has 0 unspecified atom stereocenters. The molecule has 0 aliphatic carbocycles. The Balaban J connectivity index is 0.00000112. The van der Waals surface area contributed by atoms with E-state index in [0.717, 1.165) is 5.56 Å². The fourth-order valence-corrected chi connectivity index (χ4v) is 1.02. The predicted molar refractivity (Wildman–Crippen MR) is 44.1 cm³/mol. The number of carboxylic acids is 1. The van der Waals surface area contributed by atoms with Gasteiger partial charge in [-0.3, -0.25) is 4.98 Å². The van der Waals surface area contributed by atoms with Crippen molar-refractivity contribution in [3.63, 3.8) is 0 Å². The van der Waals surface area contributed by atoms with Crippen LogP contribution in [0.1, 0.15) is 10.7 Å². The molecule has 0 fully saturated rings. The maximum absolute atomic E-state index is 10.4. The van der Waals surface area contributed by atoms with Crippen molar-refractivity contribution in [1.82, 2.24) is 9.97 Å². The topological polar surface area (TPSA) is 79.0 Å². The van der Waals surface area contributed by atoms with Gasteiger partial charge < -0.3 is 14.3 Å². The summed E-state index contributed by atoms with van der Waals surface area (Å²) in [5.41, 5.74) is 0.722. The van der Waals surface area contributed by atoms with Crippen molar-refractivity contribution in [2.24, 2.45) is 0 Å². The van der Waals surface area contributed by atoms with E-state index in [-0.39, 0.29) is 29.6 Å². The zero-order chi connectivity index (χ0) is 9.97. The minimum Gasteiger partial charge on any atom is -0.540 e. The summed E-state index contributed by atoms with van der Waals surface area (Å²) in [5.74, 6) is -1.46. The van der Waals surface area contributed by atoms with Gasteiger partial charge in [-0.05, 0) is 12.1 Å². The fourth-order valence-electron chi connectivity index (χ4n) is 1.02. The zero-order valence-electron chi connectivity index (χ0n) is 8.01. The van der Waals surface area contributed by atoms with E-state index >= 15 is 0 Å². The van der Waals surface area contributed by atoms with Gasteiger partial charge in [0.25, 0.3) is 0 Å². The third kappa shape index (κ3) is 2.65. The van der Waals surface area contributed by atoms with Gasteiger partial charge in [0.1, 0.15) is 5.97 Å². The first-order valence-electron chi connectivity index (χ1n) is 3.85. The Morgan fingerprint density at radius 3 is 2.53 bits per heavy atom. The van der Waals surface area contributed by atoms with Crippen LogP contribution in [0.15, 0.2) is 35.1 Å². The molecular weight excluding hydrogens is 207 g/mol. The van der Waals surface area contributed by atoms with Crippen LogP contribution in [-0.2, 0) is 0 Å². The Hall–Kier alpha value is -1.17. The number of hydrogen-bond acceptors (Lipinski definition) is 5. The molecule has 70 valence electrons. The first kappa shape index (κ1) is 11.9. The van der Waals surface area contributed by atoms with Crippen LogP contribution in [0.3, 0.4) is 0 Å². The fraction of sp³-hybridized carbons (Fsp3) is 0. The van der Waals surface area contributed by atoms with Crippen LogP contribution in [0.2, 0.25) is 0 Å². The molecule has 0 saturated heterocycles. The molecule has 5 nitrogen and oxygen atoms in total. The molecule has 2 rings (SSSR count). The van der Waals surface area contributed by atoms with Gasteiger partial charge in [0.2, 0.25) is 5.89 Å². The Labute approximate surface area is 107 Å². The Morgan fingerprint density at radius 1 is 1.33 bits per heavy atom. The van der Waals surface area contributed by atoms with Crippen LogP contribution in [0, 0.1) is 0 Å². The summed E-state index contributed by atoms with van der Waals surface area (Å²) in [6.45, 7) is 0. The zero-order valence-corrected chi connectivity index (χ0v) is 10.0. The van der Waals surface area contributed by atoms with E-state index in [4.69, 9.17) is 4.42 Å². The molecule has 0 aliphatic heterocycles. The average molecular weight is 212 g/mol. The van der Waals surface area contributed by atoms with Crippen molar-refractivity contribution in [2.75, 3.05) is 0 Å². The van der Waals surface area contributed by atoms with E-state index in [0.29, 0.717) is 5.76 Å². The number of nitrogens with zero attached hydrogens (tertiary/aromatic N) is 2. The number of pyridine rings is 1. The largest absolute Gasteiger partial charge is 1.00 e. The molecule has 0 N–H and O–H groups in total. The normalized spacial score (nSPS) is 9.33. The van der Waals surface area contributed by atoms with Crippen molar-refractivity contribution in [2.45, 2.75) is 0 Å². The van der Waals surface area contributed by atoms with E-state index < -0.39 is 11.9 Å². The Kier molecular flexibility index (Phi) is 4.02. The number of aromatic carboxylic acids is 1. The number of aromatic nitrogens is 2. The van der Waals surface area contributed by atoms with Crippen LogP contribution in [-0.4, -0.2) is 15.9 Å². The second-order valence-electron chi connectivity index (χ2n) is 2.55. The molecule has 0 amide bonds. The standard InChI is InChI=1S/C9H6N2O3.Na/c12-9(13)8-11-5-7(14-8)6-1-3-10-4-2-6;/h1-5H,(H,12,13);/q;+1/p-1. The molecule has 0 bridgehead atoms. The van der Waals surface area contributed by atoms with Crippen molar-refractivity contribution >= 4 is 5.97 Å². The molecule has 6 heteroatoms. The molecule has 0 aliphatic rings. The second-order valence-corrected chi connectivity index (χ2v) is 2.55. The van der Waals surface area contributed by atoms with Crippen LogP contribution >= 0.6 is 0 Å². The Morgan fingerprint density at radius 2 is 2.00 bits per heavy atom. The maximum Gasteiger partial charge on any atom is 1.00 e. The molecule has 0 aromatic carbocycles. The molecule has 15 heavy (non-hydrogen) atoms. The number of rotatable bonds is 2. The monoisotopic (exact) mass is 212 g/mol. The summed E-state index contributed by atoms with van der Waals surface area (Å²) < 4.78 is 4.93. The minimum atomic E-state index is -1.43. The quantitative estimate of drug-likeness (QED) is 0.499. The average Bonchev–Trinajstić information content (AvgIpc) is 2.68. The van der Waals surface area contributed by atoms with E-state index in [1.165, 1.54) is 6.20 Å². The summed E-state index contributed by atoms with van der Waals surface area (Å²) >= 11 is 0. The Bertz CT molecular complexity index is 455. The molecule has 0 saturated carbocycles. The summed E-state index contributed by atoms with van der Waals surface area (Å²) in [6, 6.07) is 3.39. The molecule has 0 atom stereocenters. The van der Waals surface area contributed by atoms with Gasteiger partial charge >= 0.3 is 29.6 Å². The van der Waals surface area contributed by atoms with E-state index in [2.05, 4.69) is 9.97 Å². The van der Waals surface area contributed by atoms with Crippen molar-refractivity contribution < 1.29 is 43.9 Å². The van der Waals surface area contributed by atoms with E-state index in [9.17, 15) is 9.90 Å². The molecule has 2 aromatic heterocycles. The van der Waals surface area contributed by atoms with Gasteiger partial charge in [-0.2, -0.15) is 0 Å². The first-order valence-corrected chi connectivity index (χ1v) is 3.85. The minimum absolute atomic E-state index is 0. The number of carbonyl (C=O) groups is 1. The number of oxazole rings is 1. The van der Waals surface area contributed by atoms with Crippen LogP contribution in [0.25, 0.3) is 11.3 Å². The number of carboxylic acid groups (broad SMARTS) is 1. The second kappa shape index (κ2) is 5.06. The summed E-state index contributed by atoms with van der Waals surface area (Å²) in [7, 11) is 0. The predicted octanol–water partition coefficient (Wildman–Crippen LogP) is -2.90. The molecule has 2 aromatic rings. The van der Waals surface area contributed by atoms with Gasteiger partial charge in [0.15, 0.2) is 5.76 Å². The summed E-state index contributed by atoms with van der Waals surface area (Å²) in [5, 5.41) is 10.4. The van der Waals surface area contributed by atoms with E-state index in [1.54, 1.807) is 24.5 Å². The van der Waals surface area contributed by atoms with Crippen LogP contribution in [0.4, 0.5) is 0 Å². The van der Waals surface area contributed by atoms with Gasteiger partial charge in [-0.1, -0.05) is 0 Å². The van der Waals surface area contributed by atoms with Crippen molar-refractivity contribution in [1.29, 1.82) is 0 Å². The summed E-state index contributed by atoms with van der Waals surface area (Å²) in [6.07, 6.45) is 4.49. The van der Waals surface area contributed by atoms with Crippen molar-refractivity contribution in [3.05, 3.63) is 36.6 Å². The first-order chi connectivity index (χ1) is 6.77. The van der Waals surface area contributed by atoms with Crippen molar-refractivity contribution in [3.8, 4) is 11.3 Å². The van der Waals surface area contributed by atoms with Gasteiger partial charge in [-0.15, -0.1) is 0 Å². The summed E-state index contributed by atoms with van der Waals surface area (Å²) in [4.78, 5) is 17.7. The van der Waals surface area contributed by atoms with Crippen LogP contribution in [0.5, 0.6) is 0 Å². The maximum atomic E-state index is 10.4. The molecule has 2 heterocycles. The molecule has 0 spiro atoms. The third-order valence-corrected chi connectivity index (χ3v) is 1.65. The van der Waals surface area contributed by atoms with Gasteiger partial charge in [0, 0.05) is 18.0 Å². The SMILES string of the molecule is O=C([O-])c1ncc(-c2ccncc2)o1.[Na+]. The van der Waals surface area contributed by atoms with Crippen LogP contribution < -0.4 is 34.7 Å². The third-order valence-electron chi connectivity index (χ3n) is 1.65. The number of hydrogen-bond donors (Lipinski definition) is 0. The van der Waals surface area contributed by atoms with Gasteiger partial charge in [0.05, 0.1) is 6.20 Å². The van der Waals surface area contributed by atoms with Gasteiger partial charge in [-0.25, -0.2) is 4.98 Å². The van der Waals surface area contributed by atoms with E-state index in [1.807, 2.05) is 0 Å². The molecule has 0 radical (unpaired) electrons. The number of carbonyl (C=O) groups excluding carboxylic acids is 1. The molecular formula is C9H5N2NaO3.